The third-order valence-corrected chi connectivity index (χ3v) is 8.78. The minimum absolute atomic E-state index is 0.196. The van der Waals surface area contributed by atoms with E-state index in [0.717, 1.165) is 71.7 Å². The summed E-state index contributed by atoms with van der Waals surface area (Å²) < 4.78 is 6.09. The van der Waals surface area contributed by atoms with Gasteiger partial charge in [-0.1, -0.05) is 103 Å². The molecule has 2 N–H and O–H groups in total. The van der Waals surface area contributed by atoms with Crippen LogP contribution in [0.4, 0.5) is 0 Å². The summed E-state index contributed by atoms with van der Waals surface area (Å²) in [7, 11) is 0. The summed E-state index contributed by atoms with van der Waals surface area (Å²) in [6, 6.07) is 42.7. The van der Waals surface area contributed by atoms with Gasteiger partial charge < -0.3 is 4.42 Å². The Morgan fingerprint density at radius 2 is 1.02 bits per heavy atom. The topological polar surface area (TPSA) is 99.5 Å². The van der Waals surface area contributed by atoms with Crippen molar-refractivity contribution in [3.63, 3.8) is 0 Å². The van der Waals surface area contributed by atoms with Crippen molar-refractivity contribution in [2.75, 3.05) is 0 Å². The number of para-hydroxylation sites is 1. The van der Waals surface area contributed by atoms with E-state index >= 15 is 0 Å². The molecule has 0 saturated carbocycles. The number of hydrogen-bond donors (Lipinski definition) is 2. The first-order valence-electron chi connectivity index (χ1n) is 15.4. The van der Waals surface area contributed by atoms with Gasteiger partial charge >= 0.3 is 0 Å². The monoisotopic (exact) mass is 603 g/mol. The average Bonchev–Trinajstić information content (AvgIpc) is 3.51. The van der Waals surface area contributed by atoms with Gasteiger partial charge in [0.25, 0.3) is 0 Å². The van der Waals surface area contributed by atoms with Gasteiger partial charge in [0.1, 0.15) is 11.2 Å². The highest BCUT2D eigenvalue weighted by Gasteiger charge is 2.20. The lowest BCUT2D eigenvalue weighted by Crippen LogP contribution is -2.16. The van der Waals surface area contributed by atoms with Crippen LogP contribution in [0.15, 0.2) is 138 Å². The summed E-state index contributed by atoms with van der Waals surface area (Å²) in [5.74, 6) is 1.65. The number of benzene rings is 6. The van der Waals surface area contributed by atoms with Gasteiger partial charge in [-0.3, -0.25) is 10.8 Å². The Morgan fingerprint density at radius 1 is 0.447 bits per heavy atom. The number of hydrogen-bond acceptors (Lipinski definition) is 6. The first-order chi connectivity index (χ1) is 23.1. The highest BCUT2D eigenvalue weighted by atomic mass is 16.3. The molecular formula is C41H25N5O. The number of aromatic nitrogens is 3. The van der Waals surface area contributed by atoms with Crippen LogP contribution in [0.25, 0.3) is 84.1 Å². The molecule has 6 heteroatoms. The molecule has 47 heavy (non-hydrogen) atoms. The number of nitrogens with zero attached hydrogens (tertiary/aromatic N) is 3. The van der Waals surface area contributed by atoms with Gasteiger partial charge in [-0.2, -0.15) is 0 Å². The SMILES string of the molecule is N=C1C=Cc2ccc3ccc(-c4nc(-c5ccc(-c6ccccc6)cc5)nc(-c5ccc6oc7ccccc7c6c5)n4)cc3c2C1=N. The first-order valence-corrected chi connectivity index (χ1v) is 15.4. The van der Waals surface area contributed by atoms with Crippen LogP contribution in [0, 0.1) is 10.8 Å². The Bertz CT molecular complexity index is 2600. The summed E-state index contributed by atoms with van der Waals surface area (Å²) in [6.07, 6.45) is 3.57. The maximum absolute atomic E-state index is 8.69. The number of nitrogens with one attached hydrogen (secondary N) is 2. The van der Waals surface area contributed by atoms with Crippen LogP contribution in [-0.4, -0.2) is 26.4 Å². The van der Waals surface area contributed by atoms with E-state index in [-0.39, 0.29) is 11.4 Å². The van der Waals surface area contributed by atoms with Crippen LogP contribution in [0.1, 0.15) is 11.1 Å². The van der Waals surface area contributed by atoms with Crippen molar-refractivity contribution in [1.29, 1.82) is 10.8 Å². The van der Waals surface area contributed by atoms with Crippen LogP contribution in [0.3, 0.4) is 0 Å². The Balaban J connectivity index is 1.23. The predicted molar refractivity (Wildman–Crippen MR) is 190 cm³/mol. The van der Waals surface area contributed by atoms with E-state index in [2.05, 4.69) is 36.4 Å². The van der Waals surface area contributed by atoms with Crippen molar-refractivity contribution in [2.24, 2.45) is 0 Å². The quantitative estimate of drug-likeness (QED) is 0.209. The summed E-state index contributed by atoms with van der Waals surface area (Å²) in [4.78, 5) is 15.0. The second kappa shape index (κ2) is 10.5. The van der Waals surface area contributed by atoms with Crippen molar-refractivity contribution in [2.45, 2.75) is 0 Å². The lowest BCUT2D eigenvalue weighted by Gasteiger charge is -2.16. The van der Waals surface area contributed by atoms with Crippen molar-refractivity contribution in [1.82, 2.24) is 15.0 Å². The van der Waals surface area contributed by atoms with Gasteiger partial charge in [0.15, 0.2) is 17.5 Å². The molecular weight excluding hydrogens is 578 g/mol. The standard InChI is InChI=1S/C41H25N5O/c42-34-20-18-27-14-12-26-13-17-29(22-32(26)37(27)38(34)43)40-44-39(28-15-10-25(11-16-28)24-6-2-1-3-7-24)45-41(46-40)30-19-21-36-33(23-30)31-8-4-5-9-35(31)47-36/h1-23,42-43H. The molecule has 6 aromatic carbocycles. The average molecular weight is 604 g/mol. The molecule has 8 aromatic rings. The molecule has 0 spiro atoms. The van der Waals surface area contributed by atoms with E-state index in [4.69, 9.17) is 30.2 Å². The third-order valence-electron chi connectivity index (χ3n) is 8.78. The Labute approximate surface area is 269 Å². The zero-order chi connectivity index (χ0) is 31.5. The minimum atomic E-state index is 0.196. The predicted octanol–water partition coefficient (Wildman–Crippen LogP) is 10.0. The van der Waals surface area contributed by atoms with Gasteiger partial charge in [0, 0.05) is 33.0 Å². The summed E-state index contributed by atoms with van der Waals surface area (Å²) in [5, 5.41) is 20.9. The smallest absolute Gasteiger partial charge is 0.164 e. The Hall–Kier alpha value is -6.53. The zero-order valence-electron chi connectivity index (χ0n) is 25.0. The molecule has 1 aliphatic rings. The largest absolute Gasteiger partial charge is 0.456 e. The summed E-state index contributed by atoms with van der Waals surface area (Å²) in [5.41, 5.74) is 8.52. The van der Waals surface area contributed by atoms with Gasteiger partial charge in [0.05, 0.1) is 11.4 Å². The van der Waals surface area contributed by atoms with Crippen molar-refractivity contribution in [3.05, 3.63) is 145 Å². The van der Waals surface area contributed by atoms with Crippen LogP contribution < -0.4 is 0 Å². The van der Waals surface area contributed by atoms with Crippen LogP contribution in [0.2, 0.25) is 0 Å². The third kappa shape index (κ3) is 4.54. The molecule has 2 heterocycles. The molecule has 0 aliphatic heterocycles. The van der Waals surface area contributed by atoms with E-state index in [1.165, 1.54) is 0 Å². The molecule has 0 amide bonds. The number of furan rings is 1. The molecule has 9 rings (SSSR count). The van der Waals surface area contributed by atoms with Crippen LogP contribution in [-0.2, 0) is 0 Å². The van der Waals surface area contributed by atoms with Crippen molar-refractivity contribution in [3.8, 4) is 45.3 Å². The minimum Gasteiger partial charge on any atom is -0.456 e. The van der Waals surface area contributed by atoms with Crippen molar-refractivity contribution < 1.29 is 4.42 Å². The molecule has 0 bridgehead atoms. The van der Waals surface area contributed by atoms with E-state index in [9.17, 15) is 0 Å². The Morgan fingerprint density at radius 3 is 1.81 bits per heavy atom. The zero-order valence-corrected chi connectivity index (χ0v) is 25.0. The van der Waals surface area contributed by atoms with E-state index in [1.54, 1.807) is 6.08 Å². The van der Waals surface area contributed by atoms with E-state index in [1.807, 2.05) is 97.1 Å². The fourth-order valence-electron chi connectivity index (χ4n) is 6.36. The number of allylic oxidation sites excluding steroid dienone is 1. The van der Waals surface area contributed by atoms with Gasteiger partial charge in [-0.25, -0.2) is 15.0 Å². The van der Waals surface area contributed by atoms with Crippen molar-refractivity contribution >= 4 is 50.2 Å². The highest BCUT2D eigenvalue weighted by molar-refractivity contribution is 6.53. The fraction of sp³-hybridized carbons (Fsp3) is 0. The first kappa shape index (κ1) is 26.8. The molecule has 0 saturated heterocycles. The van der Waals surface area contributed by atoms with Gasteiger partial charge in [-0.15, -0.1) is 0 Å². The molecule has 1 aliphatic carbocycles. The lowest BCUT2D eigenvalue weighted by atomic mass is 9.89. The molecule has 0 unspecified atom stereocenters. The van der Waals surface area contributed by atoms with E-state index in [0.29, 0.717) is 17.5 Å². The van der Waals surface area contributed by atoms with E-state index < -0.39 is 0 Å². The molecule has 0 fully saturated rings. The van der Waals surface area contributed by atoms with Crippen LogP contribution in [0.5, 0.6) is 0 Å². The Kier molecular flexibility index (Phi) is 6.01. The number of fused-ring (bicyclic) bond motifs is 6. The normalized spacial score (nSPS) is 12.7. The molecule has 0 radical (unpaired) electrons. The fourth-order valence-corrected chi connectivity index (χ4v) is 6.36. The molecule has 220 valence electrons. The highest BCUT2D eigenvalue weighted by Crippen LogP contribution is 2.34. The second-order valence-electron chi connectivity index (χ2n) is 11.6. The molecule has 6 nitrogen and oxygen atoms in total. The maximum Gasteiger partial charge on any atom is 0.164 e. The second-order valence-corrected chi connectivity index (χ2v) is 11.6. The lowest BCUT2D eigenvalue weighted by molar-refractivity contribution is 0.669. The van der Waals surface area contributed by atoms with Gasteiger partial charge in [-0.05, 0) is 63.9 Å². The summed E-state index contributed by atoms with van der Waals surface area (Å²) >= 11 is 0. The van der Waals surface area contributed by atoms with Gasteiger partial charge in [0.2, 0.25) is 0 Å². The maximum atomic E-state index is 8.69. The summed E-state index contributed by atoms with van der Waals surface area (Å²) in [6.45, 7) is 0. The van der Waals surface area contributed by atoms with Crippen LogP contribution >= 0.6 is 0 Å². The molecule has 2 aromatic heterocycles. The molecule has 0 atom stereocenters. The number of rotatable bonds is 4.